The number of rotatable bonds is 5. The molecule has 160 valence electrons. The highest BCUT2D eigenvalue weighted by Gasteiger charge is 2.27. The van der Waals surface area contributed by atoms with Crippen molar-refractivity contribution in [2.75, 3.05) is 49.5 Å². The number of benzene rings is 2. The Bertz CT molecular complexity index is 1050. The van der Waals surface area contributed by atoms with Crippen LogP contribution in [0.25, 0.3) is 10.9 Å². The molecular formula is C24H28N6O. The Kier molecular flexibility index (Phi) is 5.67. The molecule has 3 heterocycles. The quantitative estimate of drug-likeness (QED) is 0.665. The van der Waals surface area contributed by atoms with E-state index in [4.69, 9.17) is 9.97 Å². The normalized spacial score (nSPS) is 19.0. The van der Waals surface area contributed by atoms with Crippen molar-refractivity contribution in [1.29, 1.82) is 0 Å². The Labute approximate surface area is 182 Å². The molecule has 5 rings (SSSR count). The largest absolute Gasteiger partial charge is 0.353 e. The number of nitrogens with zero attached hydrogens (tertiary/aromatic N) is 4. The minimum atomic E-state index is 0.164. The van der Waals surface area contributed by atoms with E-state index in [2.05, 4.69) is 21.6 Å². The Morgan fingerprint density at radius 3 is 2.61 bits per heavy atom. The number of fused-ring (bicyclic) bond motifs is 1. The van der Waals surface area contributed by atoms with Gasteiger partial charge < -0.3 is 20.4 Å². The second kappa shape index (κ2) is 8.89. The summed E-state index contributed by atoms with van der Waals surface area (Å²) in [7, 11) is 0. The Balaban J connectivity index is 1.30. The number of anilines is 2. The van der Waals surface area contributed by atoms with E-state index >= 15 is 0 Å². The smallest absolute Gasteiger partial charge is 0.227 e. The summed E-state index contributed by atoms with van der Waals surface area (Å²) in [6.07, 6.45) is 1.35. The number of hydrogen-bond acceptors (Lipinski definition) is 6. The Hall–Kier alpha value is -3.19. The third-order valence-corrected chi connectivity index (χ3v) is 6.07. The molecule has 0 spiro atoms. The number of carbonyl (C=O) groups is 1. The van der Waals surface area contributed by atoms with Crippen molar-refractivity contribution in [3.05, 3.63) is 60.2 Å². The van der Waals surface area contributed by atoms with Crippen molar-refractivity contribution in [3.8, 4) is 0 Å². The summed E-state index contributed by atoms with van der Waals surface area (Å²) in [5, 5.41) is 7.99. The number of carbonyl (C=O) groups excluding carboxylic acids is 1. The number of aromatic nitrogens is 2. The number of likely N-dealkylation sites (tertiary alicyclic amines) is 1. The van der Waals surface area contributed by atoms with Crippen molar-refractivity contribution in [2.45, 2.75) is 18.9 Å². The van der Waals surface area contributed by atoms with Gasteiger partial charge in [0, 0.05) is 50.7 Å². The second-order valence-electron chi connectivity index (χ2n) is 8.26. The predicted molar refractivity (Wildman–Crippen MR) is 123 cm³/mol. The topological polar surface area (TPSA) is 73.4 Å². The standard InChI is InChI=1S/C24H28N6O/c31-22(16-18-6-2-1-3-7-18)30-13-10-19(17-30)26-24-27-21-9-5-4-8-20(21)23(28-24)29-14-11-25-12-15-29/h1-9,19,25H,10-17H2,(H,26,27,28)/t19-/m0/s1. The lowest BCUT2D eigenvalue weighted by Crippen LogP contribution is -2.44. The first-order valence-corrected chi connectivity index (χ1v) is 11.1. The van der Waals surface area contributed by atoms with Gasteiger partial charge in [0.1, 0.15) is 5.82 Å². The van der Waals surface area contributed by atoms with Crippen LogP contribution in [0, 0.1) is 0 Å². The van der Waals surface area contributed by atoms with Crippen LogP contribution in [0.4, 0.5) is 11.8 Å². The number of hydrogen-bond donors (Lipinski definition) is 2. The summed E-state index contributed by atoms with van der Waals surface area (Å²) in [4.78, 5) is 26.6. The number of amides is 1. The fourth-order valence-corrected chi connectivity index (χ4v) is 4.41. The molecule has 2 N–H and O–H groups in total. The fraction of sp³-hybridized carbons (Fsp3) is 0.375. The molecule has 2 saturated heterocycles. The van der Waals surface area contributed by atoms with Crippen molar-refractivity contribution in [1.82, 2.24) is 20.2 Å². The first-order valence-electron chi connectivity index (χ1n) is 11.1. The highest BCUT2D eigenvalue weighted by atomic mass is 16.2. The van der Waals surface area contributed by atoms with Crippen LogP contribution in [0.3, 0.4) is 0 Å². The van der Waals surface area contributed by atoms with E-state index in [1.165, 1.54) is 0 Å². The number of para-hydroxylation sites is 1. The van der Waals surface area contributed by atoms with Crippen LogP contribution in [0.1, 0.15) is 12.0 Å². The van der Waals surface area contributed by atoms with Gasteiger partial charge >= 0.3 is 0 Å². The van der Waals surface area contributed by atoms with E-state index in [9.17, 15) is 4.79 Å². The van der Waals surface area contributed by atoms with Crippen molar-refractivity contribution in [2.24, 2.45) is 0 Å². The highest BCUT2D eigenvalue weighted by molar-refractivity contribution is 5.90. The van der Waals surface area contributed by atoms with E-state index in [0.717, 1.165) is 61.4 Å². The minimum absolute atomic E-state index is 0.164. The van der Waals surface area contributed by atoms with Crippen molar-refractivity contribution >= 4 is 28.6 Å². The number of piperazine rings is 1. The maximum Gasteiger partial charge on any atom is 0.227 e. The molecule has 2 aliphatic heterocycles. The number of nitrogens with one attached hydrogen (secondary N) is 2. The summed E-state index contributed by atoms with van der Waals surface area (Å²) >= 11 is 0. The van der Waals surface area contributed by atoms with Crippen LogP contribution in [-0.2, 0) is 11.2 Å². The zero-order chi connectivity index (χ0) is 21.0. The van der Waals surface area contributed by atoms with Crippen molar-refractivity contribution < 1.29 is 4.79 Å². The molecule has 2 aromatic carbocycles. The zero-order valence-electron chi connectivity index (χ0n) is 17.6. The lowest BCUT2D eigenvalue weighted by molar-refractivity contribution is -0.129. The lowest BCUT2D eigenvalue weighted by Gasteiger charge is -2.29. The van der Waals surface area contributed by atoms with E-state index in [0.29, 0.717) is 18.9 Å². The van der Waals surface area contributed by atoms with Crippen molar-refractivity contribution in [3.63, 3.8) is 0 Å². The molecule has 2 aliphatic rings. The average Bonchev–Trinajstić information content (AvgIpc) is 3.28. The van der Waals surface area contributed by atoms with Crippen LogP contribution < -0.4 is 15.5 Å². The van der Waals surface area contributed by atoms with Crippen LogP contribution in [-0.4, -0.2) is 66.1 Å². The molecule has 0 bridgehead atoms. The molecule has 7 heteroatoms. The summed E-state index contributed by atoms with van der Waals surface area (Å²) in [5.74, 6) is 1.82. The third-order valence-electron chi connectivity index (χ3n) is 6.07. The molecular weight excluding hydrogens is 388 g/mol. The SMILES string of the molecule is O=C(Cc1ccccc1)N1CC[C@H](Nc2nc(N3CCNCC3)c3ccccc3n2)C1. The first kappa shape index (κ1) is 19.8. The van der Waals surface area contributed by atoms with Crippen LogP contribution in [0.5, 0.6) is 0 Å². The van der Waals surface area contributed by atoms with Gasteiger partial charge in [-0.15, -0.1) is 0 Å². The van der Waals surface area contributed by atoms with Gasteiger partial charge in [0.25, 0.3) is 0 Å². The molecule has 2 fully saturated rings. The summed E-state index contributed by atoms with van der Waals surface area (Å²) in [6.45, 7) is 5.24. The van der Waals surface area contributed by atoms with Gasteiger partial charge in [-0.25, -0.2) is 4.98 Å². The first-order chi connectivity index (χ1) is 15.3. The molecule has 31 heavy (non-hydrogen) atoms. The molecule has 0 aliphatic carbocycles. The van der Waals surface area contributed by atoms with E-state index in [1.807, 2.05) is 53.4 Å². The molecule has 3 aromatic rings. The van der Waals surface area contributed by atoms with E-state index in [1.54, 1.807) is 0 Å². The van der Waals surface area contributed by atoms with Gasteiger partial charge in [0.2, 0.25) is 11.9 Å². The Morgan fingerprint density at radius 1 is 1.00 bits per heavy atom. The van der Waals surface area contributed by atoms with Gasteiger partial charge in [-0.2, -0.15) is 4.98 Å². The van der Waals surface area contributed by atoms with Crippen LogP contribution in [0.2, 0.25) is 0 Å². The predicted octanol–water partition coefficient (Wildman–Crippen LogP) is 2.29. The van der Waals surface area contributed by atoms with E-state index < -0.39 is 0 Å². The minimum Gasteiger partial charge on any atom is -0.353 e. The molecule has 1 amide bonds. The lowest BCUT2D eigenvalue weighted by atomic mass is 10.1. The molecule has 1 aromatic heterocycles. The maximum absolute atomic E-state index is 12.7. The summed E-state index contributed by atoms with van der Waals surface area (Å²) in [5.41, 5.74) is 2.01. The fourth-order valence-electron chi connectivity index (χ4n) is 4.41. The maximum atomic E-state index is 12.7. The molecule has 0 unspecified atom stereocenters. The highest BCUT2D eigenvalue weighted by Crippen LogP contribution is 2.26. The molecule has 0 radical (unpaired) electrons. The van der Waals surface area contributed by atoms with Gasteiger partial charge in [-0.3, -0.25) is 4.79 Å². The third kappa shape index (κ3) is 4.46. The zero-order valence-corrected chi connectivity index (χ0v) is 17.6. The van der Waals surface area contributed by atoms with Gasteiger partial charge in [0.05, 0.1) is 11.9 Å². The summed E-state index contributed by atoms with van der Waals surface area (Å²) < 4.78 is 0. The Morgan fingerprint density at radius 2 is 1.77 bits per heavy atom. The second-order valence-corrected chi connectivity index (χ2v) is 8.26. The molecule has 0 saturated carbocycles. The molecule has 1 atom stereocenters. The van der Waals surface area contributed by atoms with Gasteiger partial charge in [0.15, 0.2) is 0 Å². The average molecular weight is 417 g/mol. The van der Waals surface area contributed by atoms with E-state index in [-0.39, 0.29) is 11.9 Å². The van der Waals surface area contributed by atoms with Crippen LogP contribution >= 0.6 is 0 Å². The molecule has 7 nitrogen and oxygen atoms in total. The monoisotopic (exact) mass is 416 g/mol. The van der Waals surface area contributed by atoms with Gasteiger partial charge in [-0.1, -0.05) is 42.5 Å². The summed E-state index contributed by atoms with van der Waals surface area (Å²) in [6, 6.07) is 18.3. The van der Waals surface area contributed by atoms with Crippen LogP contribution in [0.15, 0.2) is 54.6 Å². The van der Waals surface area contributed by atoms with Gasteiger partial charge in [-0.05, 0) is 24.1 Å².